The third-order valence-electron chi connectivity index (χ3n) is 3.02. The Morgan fingerprint density at radius 2 is 1.44 bits per heavy atom. The van der Waals surface area contributed by atoms with Gasteiger partial charge < -0.3 is 5.11 Å². The Balaban J connectivity index is 2.51. The summed E-state index contributed by atoms with van der Waals surface area (Å²) in [7, 11) is 0. The number of hydrogen-bond acceptors (Lipinski definition) is 1. The molecule has 0 spiro atoms. The van der Waals surface area contributed by atoms with Gasteiger partial charge >= 0.3 is 0 Å². The Morgan fingerprint density at radius 3 is 1.94 bits per heavy atom. The standard InChI is InChI=1S/C15H14F2O/c1-9-4-3-5-10(2)14(9)15(18)11-6-12(16)8-13(17)7-11/h3-8,15,18H,1-2H3. The molecule has 0 amide bonds. The minimum absolute atomic E-state index is 0.227. The van der Waals surface area contributed by atoms with Crippen LogP contribution in [0.15, 0.2) is 36.4 Å². The molecule has 2 aromatic rings. The second-order valence-corrected chi connectivity index (χ2v) is 4.41. The smallest absolute Gasteiger partial charge is 0.126 e. The molecule has 0 heterocycles. The van der Waals surface area contributed by atoms with Gasteiger partial charge in [-0.25, -0.2) is 8.78 Å². The average Bonchev–Trinajstić information content (AvgIpc) is 2.27. The highest BCUT2D eigenvalue weighted by Gasteiger charge is 2.16. The maximum atomic E-state index is 13.2. The van der Waals surface area contributed by atoms with E-state index in [1.54, 1.807) is 0 Å². The van der Waals surface area contributed by atoms with Crippen molar-refractivity contribution in [1.29, 1.82) is 0 Å². The molecule has 1 atom stereocenters. The molecule has 2 aromatic carbocycles. The third kappa shape index (κ3) is 2.41. The summed E-state index contributed by atoms with van der Waals surface area (Å²) in [5.74, 6) is -1.37. The fraction of sp³-hybridized carbons (Fsp3) is 0.200. The summed E-state index contributed by atoms with van der Waals surface area (Å²) in [5, 5.41) is 10.3. The monoisotopic (exact) mass is 248 g/mol. The Kier molecular flexibility index (Phi) is 3.43. The first-order valence-corrected chi connectivity index (χ1v) is 5.69. The zero-order chi connectivity index (χ0) is 13.3. The minimum Gasteiger partial charge on any atom is -0.384 e. The molecule has 0 aliphatic rings. The lowest BCUT2D eigenvalue weighted by Gasteiger charge is -2.17. The van der Waals surface area contributed by atoms with Crippen LogP contribution in [0.1, 0.15) is 28.4 Å². The van der Waals surface area contributed by atoms with Crippen molar-refractivity contribution in [2.75, 3.05) is 0 Å². The van der Waals surface area contributed by atoms with Crippen LogP contribution in [-0.2, 0) is 0 Å². The van der Waals surface area contributed by atoms with E-state index in [9.17, 15) is 13.9 Å². The number of aryl methyl sites for hydroxylation is 2. The molecule has 2 rings (SSSR count). The van der Waals surface area contributed by atoms with Crippen molar-refractivity contribution < 1.29 is 13.9 Å². The first kappa shape index (κ1) is 12.7. The van der Waals surface area contributed by atoms with Gasteiger partial charge in [-0.05, 0) is 48.2 Å². The Hall–Kier alpha value is -1.74. The van der Waals surface area contributed by atoms with E-state index in [4.69, 9.17) is 0 Å². The van der Waals surface area contributed by atoms with Gasteiger partial charge in [0.25, 0.3) is 0 Å². The topological polar surface area (TPSA) is 20.2 Å². The van der Waals surface area contributed by atoms with Crippen LogP contribution >= 0.6 is 0 Å². The van der Waals surface area contributed by atoms with Gasteiger partial charge in [-0.1, -0.05) is 18.2 Å². The molecule has 0 saturated heterocycles. The predicted octanol–water partition coefficient (Wildman–Crippen LogP) is 3.66. The van der Waals surface area contributed by atoms with Crippen LogP contribution in [-0.4, -0.2) is 5.11 Å². The molecule has 0 aliphatic carbocycles. The maximum Gasteiger partial charge on any atom is 0.126 e. The van der Waals surface area contributed by atoms with E-state index in [-0.39, 0.29) is 5.56 Å². The SMILES string of the molecule is Cc1cccc(C)c1C(O)c1cc(F)cc(F)c1. The highest BCUT2D eigenvalue weighted by molar-refractivity contribution is 5.40. The van der Waals surface area contributed by atoms with Gasteiger partial charge in [-0.3, -0.25) is 0 Å². The molecule has 94 valence electrons. The lowest BCUT2D eigenvalue weighted by atomic mass is 9.93. The van der Waals surface area contributed by atoms with Gasteiger partial charge in [0.15, 0.2) is 0 Å². The highest BCUT2D eigenvalue weighted by atomic mass is 19.1. The van der Waals surface area contributed by atoms with Gasteiger partial charge in [0.1, 0.15) is 17.7 Å². The Bertz CT molecular complexity index is 538. The molecular formula is C15H14F2O. The van der Waals surface area contributed by atoms with E-state index >= 15 is 0 Å². The number of rotatable bonds is 2. The quantitative estimate of drug-likeness (QED) is 0.859. The molecule has 0 bridgehead atoms. The zero-order valence-electron chi connectivity index (χ0n) is 10.2. The van der Waals surface area contributed by atoms with E-state index in [0.717, 1.165) is 29.3 Å². The molecule has 0 radical (unpaired) electrons. The molecule has 0 saturated carbocycles. The number of benzene rings is 2. The van der Waals surface area contributed by atoms with Crippen LogP contribution < -0.4 is 0 Å². The van der Waals surface area contributed by atoms with E-state index in [1.807, 2.05) is 32.0 Å². The lowest BCUT2D eigenvalue weighted by molar-refractivity contribution is 0.217. The van der Waals surface area contributed by atoms with Crippen molar-refractivity contribution in [3.05, 3.63) is 70.3 Å². The fourth-order valence-corrected chi connectivity index (χ4v) is 2.16. The van der Waals surface area contributed by atoms with Gasteiger partial charge in [0.2, 0.25) is 0 Å². The maximum absolute atomic E-state index is 13.2. The largest absolute Gasteiger partial charge is 0.384 e. The summed E-state index contributed by atoms with van der Waals surface area (Å²) >= 11 is 0. The number of hydrogen-bond donors (Lipinski definition) is 1. The summed E-state index contributed by atoms with van der Waals surface area (Å²) in [6.07, 6.45) is -1.02. The normalized spacial score (nSPS) is 12.5. The fourth-order valence-electron chi connectivity index (χ4n) is 2.16. The first-order chi connectivity index (χ1) is 8.49. The predicted molar refractivity (Wildman–Crippen MR) is 66.3 cm³/mol. The van der Waals surface area contributed by atoms with Crippen molar-refractivity contribution in [1.82, 2.24) is 0 Å². The zero-order valence-corrected chi connectivity index (χ0v) is 10.2. The number of halogens is 2. The molecule has 3 heteroatoms. The second-order valence-electron chi connectivity index (χ2n) is 4.41. The van der Waals surface area contributed by atoms with Crippen molar-refractivity contribution in [3.8, 4) is 0 Å². The Morgan fingerprint density at radius 1 is 0.944 bits per heavy atom. The van der Waals surface area contributed by atoms with E-state index in [1.165, 1.54) is 0 Å². The van der Waals surface area contributed by atoms with Crippen LogP contribution in [0.25, 0.3) is 0 Å². The molecule has 18 heavy (non-hydrogen) atoms. The highest BCUT2D eigenvalue weighted by Crippen LogP contribution is 2.28. The van der Waals surface area contributed by atoms with Crippen molar-refractivity contribution in [3.63, 3.8) is 0 Å². The van der Waals surface area contributed by atoms with Gasteiger partial charge in [0.05, 0.1) is 0 Å². The van der Waals surface area contributed by atoms with E-state index in [2.05, 4.69) is 0 Å². The van der Waals surface area contributed by atoms with Crippen LogP contribution in [0.2, 0.25) is 0 Å². The van der Waals surface area contributed by atoms with Crippen LogP contribution in [0.4, 0.5) is 8.78 Å². The molecule has 0 aromatic heterocycles. The molecule has 0 aliphatic heterocycles. The summed E-state index contributed by atoms with van der Waals surface area (Å²) in [5.41, 5.74) is 2.71. The molecule has 1 N–H and O–H groups in total. The van der Waals surface area contributed by atoms with Crippen LogP contribution in [0.3, 0.4) is 0 Å². The van der Waals surface area contributed by atoms with Crippen molar-refractivity contribution in [2.45, 2.75) is 20.0 Å². The summed E-state index contributed by atoms with van der Waals surface area (Å²) in [4.78, 5) is 0. The van der Waals surface area contributed by atoms with E-state index in [0.29, 0.717) is 5.56 Å². The summed E-state index contributed by atoms with van der Waals surface area (Å²) < 4.78 is 26.3. The molecule has 1 unspecified atom stereocenters. The van der Waals surface area contributed by atoms with Gasteiger partial charge in [0, 0.05) is 6.07 Å². The van der Waals surface area contributed by atoms with Crippen molar-refractivity contribution in [2.24, 2.45) is 0 Å². The van der Waals surface area contributed by atoms with Gasteiger partial charge in [-0.15, -0.1) is 0 Å². The summed E-state index contributed by atoms with van der Waals surface area (Å²) in [6, 6.07) is 8.70. The minimum atomic E-state index is -1.02. The van der Waals surface area contributed by atoms with Crippen LogP contribution in [0, 0.1) is 25.5 Å². The number of aliphatic hydroxyl groups excluding tert-OH is 1. The number of aliphatic hydroxyl groups is 1. The molecule has 1 nitrogen and oxygen atoms in total. The second kappa shape index (κ2) is 4.86. The lowest BCUT2D eigenvalue weighted by Crippen LogP contribution is -2.05. The molecule has 0 fully saturated rings. The van der Waals surface area contributed by atoms with E-state index < -0.39 is 17.7 Å². The van der Waals surface area contributed by atoms with Crippen LogP contribution in [0.5, 0.6) is 0 Å². The molecular weight excluding hydrogens is 234 g/mol. The first-order valence-electron chi connectivity index (χ1n) is 5.69. The average molecular weight is 248 g/mol. The van der Waals surface area contributed by atoms with Crippen molar-refractivity contribution >= 4 is 0 Å². The third-order valence-corrected chi connectivity index (χ3v) is 3.02. The van der Waals surface area contributed by atoms with Gasteiger partial charge in [-0.2, -0.15) is 0 Å². The Labute approximate surface area is 105 Å². The summed E-state index contributed by atoms with van der Waals surface area (Å²) in [6.45, 7) is 3.72.